The van der Waals surface area contributed by atoms with Gasteiger partial charge in [0.25, 0.3) is 0 Å². The van der Waals surface area contributed by atoms with E-state index in [0.29, 0.717) is 6.61 Å². The molecule has 1 atom stereocenters. The Labute approximate surface area is 126 Å². The molecule has 0 heterocycles. The first kappa shape index (κ1) is 15.5. The summed E-state index contributed by atoms with van der Waals surface area (Å²) in [6, 6.07) is 19.9. The van der Waals surface area contributed by atoms with Crippen molar-refractivity contribution in [3.05, 3.63) is 66.2 Å². The van der Waals surface area contributed by atoms with Gasteiger partial charge in [-0.3, -0.25) is 0 Å². The summed E-state index contributed by atoms with van der Waals surface area (Å²) >= 11 is 0. The van der Waals surface area contributed by atoms with Crippen molar-refractivity contribution >= 4 is 0 Å². The van der Waals surface area contributed by atoms with E-state index in [9.17, 15) is 5.11 Å². The number of para-hydroxylation sites is 1. The van der Waals surface area contributed by atoms with Crippen LogP contribution < -0.4 is 10.1 Å². The van der Waals surface area contributed by atoms with Gasteiger partial charge in [0.15, 0.2) is 0 Å². The van der Waals surface area contributed by atoms with Crippen molar-refractivity contribution in [3.63, 3.8) is 0 Å². The molecular formula is C18H23NO2. The number of hydrogen-bond donors (Lipinski definition) is 2. The summed E-state index contributed by atoms with van der Waals surface area (Å²) in [6.45, 7) is 4.48. The molecule has 0 spiro atoms. The van der Waals surface area contributed by atoms with Crippen molar-refractivity contribution in [2.24, 2.45) is 0 Å². The molecule has 0 saturated carbocycles. The highest BCUT2D eigenvalue weighted by atomic mass is 16.5. The molecule has 112 valence electrons. The molecule has 0 amide bonds. The first-order valence-corrected chi connectivity index (χ1v) is 7.28. The Morgan fingerprint density at radius 2 is 1.57 bits per heavy atom. The van der Waals surface area contributed by atoms with Crippen molar-refractivity contribution in [1.29, 1.82) is 0 Å². The van der Waals surface area contributed by atoms with Gasteiger partial charge in [0.05, 0.1) is 6.61 Å². The molecule has 0 fully saturated rings. The fourth-order valence-electron chi connectivity index (χ4n) is 2.42. The Bertz CT molecular complexity index is 527. The maximum absolute atomic E-state index is 10.0. The zero-order valence-electron chi connectivity index (χ0n) is 12.6. The summed E-state index contributed by atoms with van der Waals surface area (Å²) in [6.07, 6.45) is 0. The summed E-state index contributed by atoms with van der Waals surface area (Å²) in [5, 5.41) is 13.5. The maximum Gasteiger partial charge on any atom is 0.119 e. The first-order chi connectivity index (χ1) is 10.2. The summed E-state index contributed by atoms with van der Waals surface area (Å²) in [7, 11) is 0. The number of rotatable bonds is 7. The molecule has 1 unspecified atom stereocenters. The molecule has 3 nitrogen and oxygen atoms in total. The maximum atomic E-state index is 10.0. The van der Waals surface area contributed by atoms with E-state index >= 15 is 0 Å². The monoisotopic (exact) mass is 285 g/mol. The molecule has 0 aliphatic heterocycles. The van der Waals surface area contributed by atoms with Gasteiger partial charge in [-0.05, 0) is 31.5 Å². The lowest BCUT2D eigenvalue weighted by atomic mass is 9.90. The average molecular weight is 285 g/mol. The second-order valence-electron chi connectivity index (χ2n) is 5.51. The third kappa shape index (κ3) is 4.06. The van der Waals surface area contributed by atoms with E-state index in [1.165, 1.54) is 0 Å². The van der Waals surface area contributed by atoms with Crippen LogP contribution in [0.4, 0.5) is 0 Å². The van der Waals surface area contributed by atoms with E-state index in [0.717, 1.165) is 11.3 Å². The van der Waals surface area contributed by atoms with Gasteiger partial charge in [0, 0.05) is 6.04 Å². The van der Waals surface area contributed by atoms with E-state index in [1.807, 2.05) is 60.7 Å². The molecule has 0 aliphatic rings. The Morgan fingerprint density at radius 1 is 1.00 bits per heavy atom. The van der Waals surface area contributed by atoms with Crippen LogP contribution in [0.25, 0.3) is 0 Å². The second kappa shape index (κ2) is 7.25. The Morgan fingerprint density at radius 3 is 2.10 bits per heavy atom. The molecule has 0 aromatic heterocycles. The number of aliphatic hydroxyl groups excluding tert-OH is 1. The summed E-state index contributed by atoms with van der Waals surface area (Å²) in [5.41, 5.74) is 0.419. The van der Waals surface area contributed by atoms with E-state index < -0.39 is 5.54 Å². The van der Waals surface area contributed by atoms with Gasteiger partial charge >= 0.3 is 0 Å². The minimum absolute atomic E-state index is 0.0258. The molecule has 0 bridgehead atoms. The predicted octanol–water partition coefficient (Wildman–Crippen LogP) is 2.95. The largest absolute Gasteiger partial charge is 0.491 e. The summed E-state index contributed by atoms with van der Waals surface area (Å²) in [4.78, 5) is 0. The van der Waals surface area contributed by atoms with Crippen LogP contribution in [-0.4, -0.2) is 24.4 Å². The zero-order chi connectivity index (χ0) is 15.1. The second-order valence-corrected chi connectivity index (χ2v) is 5.51. The molecule has 2 rings (SSSR count). The van der Waals surface area contributed by atoms with Crippen LogP contribution in [0.2, 0.25) is 0 Å². The number of aliphatic hydroxyl groups is 1. The van der Waals surface area contributed by atoms with Crippen molar-refractivity contribution < 1.29 is 9.84 Å². The van der Waals surface area contributed by atoms with Gasteiger partial charge in [0.2, 0.25) is 0 Å². The molecule has 2 N–H and O–H groups in total. The minimum Gasteiger partial charge on any atom is -0.491 e. The van der Waals surface area contributed by atoms with Gasteiger partial charge in [-0.1, -0.05) is 48.5 Å². The van der Waals surface area contributed by atoms with Crippen LogP contribution in [0.1, 0.15) is 19.4 Å². The molecule has 2 aromatic rings. The fraction of sp³-hybridized carbons (Fsp3) is 0.333. The molecule has 3 heteroatoms. The lowest BCUT2D eigenvalue weighted by Gasteiger charge is -2.35. The number of ether oxygens (including phenoxy) is 1. The highest BCUT2D eigenvalue weighted by Crippen LogP contribution is 2.23. The van der Waals surface area contributed by atoms with Crippen LogP contribution in [-0.2, 0) is 5.54 Å². The number of nitrogens with one attached hydrogen (secondary N) is 1. The Hall–Kier alpha value is -1.84. The quantitative estimate of drug-likeness (QED) is 0.822. The predicted molar refractivity (Wildman–Crippen MR) is 85.4 cm³/mol. The van der Waals surface area contributed by atoms with Gasteiger partial charge < -0.3 is 15.2 Å². The van der Waals surface area contributed by atoms with Gasteiger partial charge in [-0.25, -0.2) is 0 Å². The lowest BCUT2D eigenvalue weighted by molar-refractivity contribution is 0.0937. The van der Waals surface area contributed by atoms with Gasteiger partial charge in [-0.2, -0.15) is 0 Å². The van der Waals surface area contributed by atoms with E-state index in [4.69, 9.17) is 4.74 Å². The first-order valence-electron chi connectivity index (χ1n) is 7.28. The summed E-state index contributed by atoms with van der Waals surface area (Å²) in [5.74, 6) is 0.803. The molecule has 0 radical (unpaired) electrons. The highest BCUT2D eigenvalue weighted by Gasteiger charge is 2.33. The van der Waals surface area contributed by atoms with Gasteiger partial charge in [0.1, 0.15) is 17.9 Å². The standard InChI is InChI=1S/C18H23NO2/c1-15(2)19-18(13-20,16-9-5-3-6-10-16)14-21-17-11-7-4-8-12-17/h3-12,15,19-20H,13-14H2,1-2H3. The molecule has 0 aliphatic carbocycles. The van der Waals surface area contributed by atoms with Crippen molar-refractivity contribution in [1.82, 2.24) is 5.32 Å². The molecule has 2 aromatic carbocycles. The Kier molecular flexibility index (Phi) is 5.37. The van der Waals surface area contributed by atoms with Crippen LogP contribution in [0, 0.1) is 0 Å². The van der Waals surface area contributed by atoms with Crippen LogP contribution in [0.5, 0.6) is 5.75 Å². The van der Waals surface area contributed by atoms with Crippen molar-refractivity contribution in [2.45, 2.75) is 25.4 Å². The van der Waals surface area contributed by atoms with E-state index in [2.05, 4.69) is 19.2 Å². The van der Waals surface area contributed by atoms with Crippen molar-refractivity contribution in [2.75, 3.05) is 13.2 Å². The Balaban J connectivity index is 2.23. The molecular weight excluding hydrogens is 262 g/mol. The van der Waals surface area contributed by atoms with Crippen LogP contribution in [0.3, 0.4) is 0 Å². The van der Waals surface area contributed by atoms with Crippen molar-refractivity contribution in [3.8, 4) is 5.75 Å². The zero-order valence-corrected chi connectivity index (χ0v) is 12.6. The number of hydrogen-bond acceptors (Lipinski definition) is 3. The molecule has 21 heavy (non-hydrogen) atoms. The topological polar surface area (TPSA) is 41.5 Å². The lowest BCUT2D eigenvalue weighted by Crippen LogP contribution is -2.53. The average Bonchev–Trinajstić information content (AvgIpc) is 2.53. The third-order valence-electron chi connectivity index (χ3n) is 3.39. The molecule has 0 saturated heterocycles. The van der Waals surface area contributed by atoms with Gasteiger partial charge in [-0.15, -0.1) is 0 Å². The van der Waals surface area contributed by atoms with Crippen LogP contribution >= 0.6 is 0 Å². The SMILES string of the molecule is CC(C)NC(CO)(COc1ccccc1)c1ccccc1. The third-order valence-corrected chi connectivity index (χ3v) is 3.39. The highest BCUT2D eigenvalue weighted by molar-refractivity contribution is 5.27. The number of benzene rings is 2. The minimum atomic E-state index is -0.606. The van der Waals surface area contributed by atoms with E-state index in [1.54, 1.807) is 0 Å². The smallest absolute Gasteiger partial charge is 0.119 e. The fourth-order valence-corrected chi connectivity index (χ4v) is 2.42. The van der Waals surface area contributed by atoms with E-state index in [-0.39, 0.29) is 12.6 Å². The summed E-state index contributed by atoms with van der Waals surface area (Å²) < 4.78 is 5.90. The normalized spacial score (nSPS) is 13.9. The van der Waals surface area contributed by atoms with Crippen LogP contribution in [0.15, 0.2) is 60.7 Å².